The molecule has 0 aromatic rings. The number of nitrogens with zero attached hydrogens (tertiary/aromatic N) is 1. The molecule has 1 aliphatic rings. The maximum Gasteiger partial charge on any atom is 0.393 e. The molecule has 0 aliphatic carbocycles. The molecule has 96 valence electrons. The number of aliphatic hydroxyl groups excluding tert-OH is 1. The molecular weight excluding hydrogens is 221 g/mol. The Morgan fingerprint density at radius 1 is 1.50 bits per heavy atom. The fourth-order valence-electron chi connectivity index (χ4n) is 2.19. The Morgan fingerprint density at radius 2 is 2.12 bits per heavy atom. The average molecular weight is 240 g/mol. The number of hydrogen-bond donors (Lipinski definition) is 2. The summed E-state index contributed by atoms with van der Waals surface area (Å²) in [6.07, 6.45) is -3.46. The van der Waals surface area contributed by atoms with Gasteiger partial charge in [0.15, 0.2) is 0 Å². The zero-order chi connectivity index (χ0) is 12.3. The lowest BCUT2D eigenvalue weighted by atomic mass is 9.95. The van der Waals surface area contributed by atoms with Crippen molar-refractivity contribution < 1.29 is 18.3 Å². The van der Waals surface area contributed by atoms with Crippen LogP contribution in [0.2, 0.25) is 0 Å². The summed E-state index contributed by atoms with van der Waals surface area (Å²) in [7, 11) is 0. The molecule has 3 unspecified atom stereocenters. The van der Waals surface area contributed by atoms with Gasteiger partial charge in [0.2, 0.25) is 0 Å². The van der Waals surface area contributed by atoms with E-state index in [4.69, 9.17) is 10.8 Å². The molecule has 3 nitrogen and oxygen atoms in total. The molecule has 0 amide bonds. The Labute approximate surface area is 93.4 Å². The number of hydrogen-bond acceptors (Lipinski definition) is 3. The molecule has 1 aliphatic heterocycles. The number of nitrogens with two attached hydrogens (primary N) is 1. The van der Waals surface area contributed by atoms with Crippen LogP contribution in [0.5, 0.6) is 0 Å². The molecule has 3 N–H and O–H groups in total. The zero-order valence-electron chi connectivity index (χ0n) is 9.37. The van der Waals surface area contributed by atoms with Crippen molar-refractivity contribution in [1.82, 2.24) is 4.90 Å². The minimum Gasteiger partial charge on any atom is -0.395 e. The summed E-state index contributed by atoms with van der Waals surface area (Å²) < 4.78 is 37.7. The topological polar surface area (TPSA) is 49.5 Å². The van der Waals surface area contributed by atoms with E-state index in [9.17, 15) is 13.2 Å². The number of piperidine rings is 1. The summed E-state index contributed by atoms with van der Waals surface area (Å²) in [6, 6.07) is -0.692. The Kier molecular flexibility index (Phi) is 4.58. The van der Waals surface area contributed by atoms with Gasteiger partial charge < -0.3 is 10.8 Å². The SMILES string of the molecule is CC(N)C(CO)N1CCCC(C(F)(F)F)C1. The molecule has 1 rings (SSSR count). The van der Waals surface area contributed by atoms with Gasteiger partial charge in [-0.25, -0.2) is 0 Å². The Balaban J connectivity index is 2.62. The van der Waals surface area contributed by atoms with Crippen molar-refractivity contribution in [3.63, 3.8) is 0 Å². The highest BCUT2D eigenvalue weighted by molar-refractivity contribution is 4.85. The average Bonchev–Trinajstić information content (AvgIpc) is 2.17. The second-order valence-electron chi connectivity index (χ2n) is 4.48. The van der Waals surface area contributed by atoms with Crippen molar-refractivity contribution in [2.24, 2.45) is 11.7 Å². The quantitative estimate of drug-likeness (QED) is 0.772. The van der Waals surface area contributed by atoms with Crippen LogP contribution in [0.3, 0.4) is 0 Å². The van der Waals surface area contributed by atoms with Crippen molar-refractivity contribution in [2.75, 3.05) is 19.7 Å². The van der Waals surface area contributed by atoms with E-state index in [1.165, 1.54) is 0 Å². The standard InChI is InChI=1S/C10H19F3N2O/c1-7(14)9(6-16)15-4-2-3-8(5-15)10(11,12)13/h7-9,16H,2-6,14H2,1H3. The molecule has 0 aromatic carbocycles. The number of aliphatic hydroxyl groups is 1. The summed E-state index contributed by atoms with van der Waals surface area (Å²) in [5.74, 6) is -1.28. The molecule has 3 atom stereocenters. The molecule has 0 spiro atoms. The normalized spacial score (nSPS) is 27.8. The van der Waals surface area contributed by atoms with E-state index in [0.29, 0.717) is 13.0 Å². The van der Waals surface area contributed by atoms with E-state index >= 15 is 0 Å². The van der Waals surface area contributed by atoms with E-state index in [2.05, 4.69) is 0 Å². The predicted molar refractivity (Wildman–Crippen MR) is 54.9 cm³/mol. The largest absolute Gasteiger partial charge is 0.395 e. The third kappa shape index (κ3) is 3.33. The van der Waals surface area contributed by atoms with E-state index in [0.717, 1.165) is 0 Å². The molecule has 0 radical (unpaired) electrons. The number of alkyl halides is 3. The number of halogens is 3. The molecule has 16 heavy (non-hydrogen) atoms. The van der Waals surface area contributed by atoms with Gasteiger partial charge in [-0.15, -0.1) is 0 Å². The Morgan fingerprint density at radius 3 is 2.56 bits per heavy atom. The minimum atomic E-state index is -4.14. The molecule has 1 fully saturated rings. The van der Waals surface area contributed by atoms with Gasteiger partial charge in [-0.3, -0.25) is 4.90 Å². The number of rotatable bonds is 3. The van der Waals surface area contributed by atoms with Crippen LogP contribution in [0, 0.1) is 5.92 Å². The van der Waals surface area contributed by atoms with Gasteiger partial charge in [-0.05, 0) is 26.3 Å². The van der Waals surface area contributed by atoms with Crippen LogP contribution in [-0.2, 0) is 0 Å². The first kappa shape index (κ1) is 13.7. The molecule has 0 saturated carbocycles. The smallest absolute Gasteiger partial charge is 0.393 e. The highest BCUT2D eigenvalue weighted by Crippen LogP contribution is 2.33. The van der Waals surface area contributed by atoms with Crippen molar-refractivity contribution in [1.29, 1.82) is 0 Å². The first-order chi connectivity index (χ1) is 7.36. The summed E-state index contributed by atoms with van der Waals surface area (Å²) in [4.78, 5) is 1.66. The van der Waals surface area contributed by atoms with Crippen LogP contribution in [0.15, 0.2) is 0 Å². The molecular formula is C10H19F3N2O. The third-order valence-corrected chi connectivity index (χ3v) is 3.18. The predicted octanol–water partition coefficient (Wildman–Crippen LogP) is 0.969. The minimum absolute atomic E-state index is 0.0454. The van der Waals surface area contributed by atoms with Gasteiger partial charge >= 0.3 is 6.18 Å². The second-order valence-corrected chi connectivity index (χ2v) is 4.48. The van der Waals surface area contributed by atoms with Crippen LogP contribution < -0.4 is 5.73 Å². The summed E-state index contributed by atoms with van der Waals surface area (Å²) in [5, 5.41) is 9.13. The van der Waals surface area contributed by atoms with Crippen LogP contribution in [0.1, 0.15) is 19.8 Å². The van der Waals surface area contributed by atoms with E-state index in [1.807, 2.05) is 0 Å². The second kappa shape index (κ2) is 5.33. The van der Waals surface area contributed by atoms with Gasteiger partial charge in [0.1, 0.15) is 0 Å². The Hall–Kier alpha value is -0.330. The van der Waals surface area contributed by atoms with Crippen molar-refractivity contribution in [3.05, 3.63) is 0 Å². The summed E-state index contributed by atoms with van der Waals surface area (Å²) in [5.41, 5.74) is 5.65. The van der Waals surface area contributed by atoms with Gasteiger partial charge in [0.25, 0.3) is 0 Å². The monoisotopic (exact) mass is 240 g/mol. The molecule has 6 heteroatoms. The highest BCUT2D eigenvalue weighted by atomic mass is 19.4. The van der Waals surface area contributed by atoms with Crippen LogP contribution in [-0.4, -0.2) is 48.0 Å². The van der Waals surface area contributed by atoms with E-state index in [-0.39, 0.29) is 31.7 Å². The van der Waals surface area contributed by atoms with Crippen LogP contribution in [0.4, 0.5) is 13.2 Å². The fourth-order valence-corrected chi connectivity index (χ4v) is 2.19. The Bertz CT molecular complexity index is 221. The van der Waals surface area contributed by atoms with Gasteiger partial charge in [0.05, 0.1) is 12.5 Å². The van der Waals surface area contributed by atoms with Crippen molar-refractivity contribution in [3.8, 4) is 0 Å². The summed E-state index contributed by atoms with van der Waals surface area (Å²) >= 11 is 0. The van der Waals surface area contributed by atoms with E-state index in [1.54, 1.807) is 11.8 Å². The van der Waals surface area contributed by atoms with Crippen LogP contribution >= 0.6 is 0 Å². The molecule has 0 aromatic heterocycles. The fraction of sp³-hybridized carbons (Fsp3) is 1.00. The maximum absolute atomic E-state index is 12.6. The zero-order valence-corrected chi connectivity index (χ0v) is 9.37. The lowest BCUT2D eigenvalue weighted by Gasteiger charge is -2.39. The highest BCUT2D eigenvalue weighted by Gasteiger charge is 2.43. The van der Waals surface area contributed by atoms with Crippen LogP contribution in [0.25, 0.3) is 0 Å². The van der Waals surface area contributed by atoms with Gasteiger partial charge in [0, 0.05) is 18.6 Å². The van der Waals surface area contributed by atoms with Gasteiger partial charge in [-0.1, -0.05) is 0 Å². The lowest BCUT2D eigenvalue weighted by Crippen LogP contribution is -2.53. The first-order valence-electron chi connectivity index (χ1n) is 5.53. The molecule has 1 heterocycles. The van der Waals surface area contributed by atoms with Gasteiger partial charge in [-0.2, -0.15) is 13.2 Å². The maximum atomic E-state index is 12.6. The molecule has 0 bridgehead atoms. The van der Waals surface area contributed by atoms with Crippen molar-refractivity contribution >= 4 is 0 Å². The lowest BCUT2D eigenvalue weighted by molar-refractivity contribution is -0.189. The molecule has 1 saturated heterocycles. The third-order valence-electron chi connectivity index (χ3n) is 3.18. The van der Waals surface area contributed by atoms with Crippen molar-refractivity contribution in [2.45, 2.75) is 38.0 Å². The summed E-state index contributed by atoms with van der Waals surface area (Å²) in [6.45, 7) is 2.05. The van der Waals surface area contributed by atoms with E-state index < -0.39 is 12.1 Å². The first-order valence-corrected chi connectivity index (χ1v) is 5.53. The number of likely N-dealkylation sites (tertiary alicyclic amines) is 1.